The van der Waals surface area contributed by atoms with Crippen LogP contribution in [0.15, 0.2) is 24.3 Å². The first kappa shape index (κ1) is 14.0. The van der Waals surface area contributed by atoms with Gasteiger partial charge in [-0.1, -0.05) is 24.3 Å². The van der Waals surface area contributed by atoms with Crippen LogP contribution in [0.1, 0.15) is 18.1 Å². The average Bonchev–Trinajstić information content (AvgIpc) is 2.40. The molecule has 1 aliphatic rings. The van der Waals surface area contributed by atoms with E-state index in [1.54, 1.807) is 0 Å². The van der Waals surface area contributed by atoms with Crippen LogP contribution in [-0.2, 0) is 16.0 Å². The van der Waals surface area contributed by atoms with Gasteiger partial charge in [0.15, 0.2) is 0 Å². The summed E-state index contributed by atoms with van der Waals surface area (Å²) in [6.45, 7) is 5.73. The summed E-state index contributed by atoms with van der Waals surface area (Å²) in [5.74, 6) is 0.155. The van der Waals surface area contributed by atoms with Gasteiger partial charge in [0.25, 0.3) is 0 Å². The third-order valence-corrected chi connectivity index (χ3v) is 3.54. The summed E-state index contributed by atoms with van der Waals surface area (Å²) >= 11 is 0. The normalized spacial score (nSPS) is 23.4. The lowest BCUT2D eigenvalue weighted by atomic mass is 10.0. The predicted octanol–water partition coefficient (Wildman–Crippen LogP) is 1.11. The quantitative estimate of drug-likeness (QED) is 0.888. The van der Waals surface area contributed by atoms with Gasteiger partial charge in [-0.2, -0.15) is 0 Å². The lowest BCUT2D eigenvalue weighted by Gasteiger charge is -2.36. The highest BCUT2D eigenvalue weighted by Crippen LogP contribution is 2.14. The Kier molecular flexibility index (Phi) is 4.56. The molecule has 2 rings (SSSR count). The molecule has 2 N–H and O–H groups in total. The second-order valence-corrected chi connectivity index (χ2v) is 5.21. The molecule has 1 aliphatic heterocycles. The maximum absolute atomic E-state index is 12.4. The number of ether oxygens (including phenoxy) is 1. The van der Waals surface area contributed by atoms with Gasteiger partial charge in [0, 0.05) is 19.6 Å². The van der Waals surface area contributed by atoms with Gasteiger partial charge in [0.1, 0.15) is 0 Å². The third kappa shape index (κ3) is 3.55. The van der Waals surface area contributed by atoms with Crippen molar-refractivity contribution in [1.29, 1.82) is 0 Å². The van der Waals surface area contributed by atoms with E-state index in [-0.39, 0.29) is 18.1 Å². The second-order valence-electron chi connectivity index (χ2n) is 5.21. The monoisotopic (exact) mass is 262 g/mol. The van der Waals surface area contributed by atoms with Gasteiger partial charge in [0.2, 0.25) is 5.91 Å². The second kappa shape index (κ2) is 6.17. The zero-order valence-electron chi connectivity index (χ0n) is 11.6. The van der Waals surface area contributed by atoms with Crippen LogP contribution in [0.5, 0.6) is 0 Å². The first-order chi connectivity index (χ1) is 9.10. The highest BCUT2D eigenvalue weighted by atomic mass is 16.5. The molecule has 19 heavy (non-hydrogen) atoms. The third-order valence-electron chi connectivity index (χ3n) is 3.54. The highest BCUT2D eigenvalue weighted by Gasteiger charge is 2.27. The molecule has 4 heteroatoms. The smallest absolute Gasteiger partial charge is 0.227 e. The molecule has 1 heterocycles. The number of hydrogen-bond acceptors (Lipinski definition) is 3. The van der Waals surface area contributed by atoms with Crippen LogP contribution >= 0.6 is 0 Å². The molecule has 104 valence electrons. The van der Waals surface area contributed by atoms with Crippen molar-refractivity contribution in [3.63, 3.8) is 0 Å². The summed E-state index contributed by atoms with van der Waals surface area (Å²) in [6.07, 6.45) is 0.476. The van der Waals surface area contributed by atoms with E-state index >= 15 is 0 Å². The van der Waals surface area contributed by atoms with E-state index in [1.165, 1.54) is 0 Å². The standard InChI is InChI=1S/C15H22N2O2/c1-11-5-3-4-6-13(11)7-15(18)17-9-12(2)19-14(8-16)10-17/h3-6,12,14H,7-10,16H2,1-2H3. The van der Waals surface area contributed by atoms with Gasteiger partial charge in [-0.3, -0.25) is 4.79 Å². The van der Waals surface area contributed by atoms with Gasteiger partial charge in [-0.15, -0.1) is 0 Å². The van der Waals surface area contributed by atoms with Crippen LogP contribution in [0.4, 0.5) is 0 Å². The van der Waals surface area contributed by atoms with Crippen molar-refractivity contribution in [1.82, 2.24) is 4.90 Å². The fourth-order valence-electron chi connectivity index (χ4n) is 2.46. The molecule has 1 amide bonds. The lowest BCUT2D eigenvalue weighted by molar-refractivity contribution is -0.142. The molecule has 0 bridgehead atoms. The number of carbonyl (C=O) groups is 1. The summed E-state index contributed by atoms with van der Waals surface area (Å²) in [6, 6.07) is 8.01. The Hall–Kier alpha value is -1.39. The van der Waals surface area contributed by atoms with Crippen LogP contribution in [0, 0.1) is 6.92 Å². The summed E-state index contributed by atoms with van der Waals surface area (Å²) in [4.78, 5) is 14.2. The average molecular weight is 262 g/mol. The number of hydrogen-bond donors (Lipinski definition) is 1. The molecule has 1 aromatic carbocycles. The molecule has 0 radical (unpaired) electrons. The summed E-state index contributed by atoms with van der Waals surface area (Å²) in [5, 5.41) is 0. The molecule has 0 spiro atoms. The first-order valence-electron chi connectivity index (χ1n) is 6.78. The number of rotatable bonds is 3. The Labute approximate surface area is 114 Å². The van der Waals surface area contributed by atoms with E-state index in [9.17, 15) is 4.79 Å². The van der Waals surface area contributed by atoms with Gasteiger partial charge in [-0.05, 0) is 25.0 Å². The van der Waals surface area contributed by atoms with Crippen molar-refractivity contribution in [3.05, 3.63) is 35.4 Å². The highest BCUT2D eigenvalue weighted by molar-refractivity contribution is 5.79. The molecule has 1 fully saturated rings. The van der Waals surface area contributed by atoms with Crippen LogP contribution in [0.25, 0.3) is 0 Å². The number of nitrogens with two attached hydrogens (primary N) is 1. The Morgan fingerprint density at radius 3 is 2.84 bits per heavy atom. The van der Waals surface area contributed by atoms with Crippen molar-refractivity contribution in [2.75, 3.05) is 19.6 Å². The molecule has 2 unspecified atom stereocenters. The molecular weight excluding hydrogens is 240 g/mol. The Morgan fingerprint density at radius 2 is 2.16 bits per heavy atom. The van der Waals surface area contributed by atoms with E-state index in [2.05, 4.69) is 0 Å². The van der Waals surface area contributed by atoms with Crippen LogP contribution in [-0.4, -0.2) is 42.6 Å². The predicted molar refractivity (Wildman–Crippen MR) is 74.9 cm³/mol. The van der Waals surface area contributed by atoms with Gasteiger partial charge in [-0.25, -0.2) is 0 Å². The number of benzene rings is 1. The molecule has 0 aromatic heterocycles. The summed E-state index contributed by atoms with van der Waals surface area (Å²) in [5.41, 5.74) is 7.89. The van der Waals surface area contributed by atoms with Crippen LogP contribution in [0.2, 0.25) is 0 Å². The number of carbonyl (C=O) groups excluding carboxylic acids is 1. The number of nitrogens with zero attached hydrogens (tertiary/aromatic N) is 1. The fourth-order valence-corrected chi connectivity index (χ4v) is 2.46. The molecule has 0 saturated carbocycles. The SMILES string of the molecule is Cc1ccccc1CC(=O)N1CC(C)OC(CN)C1. The molecule has 1 aromatic rings. The van der Waals surface area contributed by atoms with Crippen LogP contribution in [0.3, 0.4) is 0 Å². The molecule has 0 aliphatic carbocycles. The minimum absolute atomic E-state index is 0.0374. The van der Waals surface area contributed by atoms with E-state index in [0.717, 1.165) is 11.1 Å². The number of amides is 1. The Bertz CT molecular complexity index is 448. The minimum Gasteiger partial charge on any atom is -0.370 e. The zero-order valence-corrected chi connectivity index (χ0v) is 11.6. The minimum atomic E-state index is -0.0374. The number of aryl methyl sites for hydroxylation is 1. The van der Waals surface area contributed by atoms with E-state index in [4.69, 9.17) is 10.5 Å². The van der Waals surface area contributed by atoms with Crippen molar-refractivity contribution < 1.29 is 9.53 Å². The lowest BCUT2D eigenvalue weighted by Crippen LogP contribution is -2.51. The zero-order chi connectivity index (χ0) is 13.8. The van der Waals surface area contributed by atoms with Gasteiger partial charge in [0.05, 0.1) is 18.6 Å². The fraction of sp³-hybridized carbons (Fsp3) is 0.533. The van der Waals surface area contributed by atoms with E-state index in [1.807, 2.05) is 43.0 Å². The Balaban J connectivity index is 2.01. The summed E-state index contributed by atoms with van der Waals surface area (Å²) in [7, 11) is 0. The van der Waals surface area contributed by atoms with E-state index in [0.29, 0.717) is 26.1 Å². The largest absolute Gasteiger partial charge is 0.370 e. The van der Waals surface area contributed by atoms with Crippen LogP contribution < -0.4 is 5.73 Å². The van der Waals surface area contributed by atoms with Gasteiger partial charge < -0.3 is 15.4 Å². The molecule has 1 saturated heterocycles. The van der Waals surface area contributed by atoms with Crippen molar-refractivity contribution in [2.24, 2.45) is 5.73 Å². The summed E-state index contributed by atoms with van der Waals surface area (Å²) < 4.78 is 5.67. The molecular formula is C15H22N2O2. The maximum atomic E-state index is 12.4. The molecule has 4 nitrogen and oxygen atoms in total. The van der Waals surface area contributed by atoms with Gasteiger partial charge >= 0.3 is 0 Å². The maximum Gasteiger partial charge on any atom is 0.227 e. The van der Waals surface area contributed by atoms with Crippen molar-refractivity contribution >= 4 is 5.91 Å². The number of morpholine rings is 1. The Morgan fingerprint density at radius 1 is 1.42 bits per heavy atom. The molecule has 2 atom stereocenters. The topological polar surface area (TPSA) is 55.6 Å². The first-order valence-corrected chi connectivity index (χ1v) is 6.78. The van der Waals surface area contributed by atoms with Crippen molar-refractivity contribution in [2.45, 2.75) is 32.5 Å². The van der Waals surface area contributed by atoms with Crippen molar-refractivity contribution in [3.8, 4) is 0 Å². The van der Waals surface area contributed by atoms with E-state index < -0.39 is 0 Å².